The molecule has 0 aromatic heterocycles. The highest BCUT2D eigenvalue weighted by Crippen LogP contribution is 2.45. The minimum Gasteiger partial charge on any atom is -0.491 e. The van der Waals surface area contributed by atoms with Crippen molar-refractivity contribution in [1.29, 1.82) is 0 Å². The molecule has 1 aliphatic carbocycles. The summed E-state index contributed by atoms with van der Waals surface area (Å²) in [5, 5.41) is 19.6. The molecule has 1 saturated carbocycles. The second-order valence-electron chi connectivity index (χ2n) is 8.49. The number of hydrogen-bond donors (Lipinski definition) is 2. The lowest BCUT2D eigenvalue weighted by atomic mass is 9.65. The van der Waals surface area contributed by atoms with Crippen LogP contribution in [0.2, 0.25) is 0 Å². The number of aliphatic hydroxyl groups is 2. The van der Waals surface area contributed by atoms with Gasteiger partial charge in [-0.2, -0.15) is 0 Å². The van der Waals surface area contributed by atoms with Crippen molar-refractivity contribution >= 4 is 11.6 Å². The Bertz CT molecular complexity index is 869. The summed E-state index contributed by atoms with van der Waals surface area (Å²) in [7, 11) is 0. The van der Waals surface area contributed by atoms with Gasteiger partial charge in [0, 0.05) is 5.41 Å². The van der Waals surface area contributed by atoms with Crippen LogP contribution in [0.1, 0.15) is 43.2 Å². The van der Waals surface area contributed by atoms with Crippen LogP contribution in [0.4, 0.5) is 0 Å². The van der Waals surface area contributed by atoms with E-state index >= 15 is 0 Å². The van der Waals surface area contributed by atoms with E-state index in [9.17, 15) is 10.2 Å². The molecule has 3 rings (SSSR count). The maximum absolute atomic E-state index is 9.94. The Morgan fingerprint density at radius 3 is 1.82 bits per heavy atom. The van der Waals surface area contributed by atoms with Gasteiger partial charge < -0.3 is 24.4 Å². The Kier molecular flexibility index (Phi) is 9.90. The molecule has 0 aliphatic heterocycles. The first-order valence-electron chi connectivity index (χ1n) is 11.5. The van der Waals surface area contributed by atoms with Gasteiger partial charge in [0.05, 0.1) is 12.5 Å². The van der Waals surface area contributed by atoms with Gasteiger partial charge in [0.1, 0.15) is 43.5 Å². The zero-order valence-electron chi connectivity index (χ0n) is 18.9. The third kappa shape index (κ3) is 7.12. The maximum Gasteiger partial charge on any atom is 0.119 e. The van der Waals surface area contributed by atoms with Gasteiger partial charge in [-0.15, -0.1) is 18.0 Å². The first kappa shape index (κ1) is 25.4. The molecule has 1 fully saturated rings. The number of benzene rings is 2. The molecule has 0 amide bonds. The van der Waals surface area contributed by atoms with Crippen LogP contribution >= 0.6 is 11.6 Å². The monoisotopic (exact) mass is 472 g/mol. The Morgan fingerprint density at radius 1 is 0.818 bits per heavy atom. The molecular weight excluding hydrogens is 440 g/mol. The number of aliphatic hydroxyl groups excluding tert-OH is 2. The summed E-state index contributed by atoms with van der Waals surface area (Å²) in [6.07, 6.45) is 9.53. The molecule has 2 aromatic rings. The van der Waals surface area contributed by atoms with Crippen molar-refractivity contribution in [3.05, 3.63) is 59.7 Å². The van der Waals surface area contributed by atoms with Crippen molar-refractivity contribution in [3.8, 4) is 23.8 Å². The average Bonchev–Trinajstić information content (AvgIpc) is 2.87. The quantitative estimate of drug-likeness (QED) is 0.274. The van der Waals surface area contributed by atoms with E-state index in [2.05, 4.69) is 30.2 Å². The second kappa shape index (κ2) is 12.9. The van der Waals surface area contributed by atoms with Crippen LogP contribution in [0.3, 0.4) is 0 Å². The zero-order valence-corrected chi connectivity index (χ0v) is 19.7. The molecule has 5 nitrogen and oxygen atoms in total. The second-order valence-corrected chi connectivity index (χ2v) is 8.80. The molecule has 178 valence electrons. The molecule has 2 atom stereocenters. The van der Waals surface area contributed by atoms with E-state index in [0.29, 0.717) is 5.75 Å². The van der Waals surface area contributed by atoms with Crippen LogP contribution in [0, 0.1) is 12.3 Å². The predicted molar refractivity (Wildman–Crippen MR) is 130 cm³/mol. The summed E-state index contributed by atoms with van der Waals surface area (Å²) >= 11 is 5.64. The van der Waals surface area contributed by atoms with Crippen LogP contribution < -0.4 is 9.47 Å². The topological polar surface area (TPSA) is 68.2 Å². The summed E-state index contributed by atoms with van der Waals surface area (Å²) in [4.78, 5) is 0. The standard InChI is InChI=1S/C27H33ClO5/c1-2-16-31-18-24(30)20-33-26-12-8-22(9-13-26)27(14-4-3-5-15-27)21-6-10-25(11-7-21)32-19-23(29)17-28/h1,6-13,23-24,29-30H,3-5,14-20H2. The zero-order chi connectivity index (χ0) is 23.5. The molecular formula is C27H33ClO5. The van der Waals surface area contributed by atoms with Gasteiger partial charge in [0.15, 0.2) is 0 Å². The van der Waals surface area contributed by atoms with Crippen LogP contribution in [0.5, 0.6) is 11.5 Å². The maximum atomic E-state index is 9.94. The summed E-state index contributed by atoms with van der Waals surface area (Å²) < 4.78 is 16.5. The average molecular weight is 473 g/mol. The number of alkyl halides is 1. The van der Waals surface area contributed by atoms with Crippen molar-refractivity contribution < 1.29 is 24.4 Å². The number of hydrogen-bond acceptors (Lipinski definition) is 5. The first-order valence-corrected chi connectivity index (χ1v) is 12.0. The molecule has 1 aliphatic rings. The highest BCUT2D eigenvalue weighted by atomic mass is 35.5. The predicted octanol–water partition coefficient (Wildman–Crippen LogP) is 4.30. The van der Waals surface area contributed by atoms with Gasteiger partial charge in [0.25, 0.3) is 0 Å². The SMILES string of the molecule is C#CCOCC(O)COc1ccc(C2(c3ccc(OCC(O)CCl)cc3)CCCCC2)cc1. The summed E-state index contributed by atoms with van der Waals surface area (Å²) in [5.41, 5.74) is 2.48. The lowest BCUT2D eigenvalue weighted by Gasteiger charge is -2.38. The van der Waals surface area contributed by atoms with Gasteiger partial charge in [-0.05, 0) is 48.2 Å². The Hall–Kier alpha value is -2.23. The van der Waals surface area contributed by atoms with Gasteiger partial charge in [-0.1, -0.05) is 49.4 Å². The highest BCUT2D eigenvalue weighted by molar-refractivity contribution is 6.18. The first-order chi connectivity index (χ1) is 16.1. The molecule has 2 N–H and O–H groups in total. The van der Waals surface area contributed by atoms with Crippen molar-refractivity contribution in [2.75, 3.05) is 32.3 Å². The molecule has 2 unspecified atom stereocenters. The fourth-order valence-corrected chi connectivity index (χ4v) is 4.46. The normalized spacial score (nSPS) is 17.0. The Labute approximate surface area is 201 Å². The van der Waals surface area contributed by atoms with Crippen molar-refractivity contribution in [2.24, 2.45) is 0 Å². The lowest BCUT2D eigenvalue weighted by Crippen LogP contribution is -2.30. The van der Waals surface area contributed by atoms with Gasteiger partial charge in [0.2, 0.25) is 0 Å². The molecule has 0 bridgehead atoms. The number of terminal acetylenes is 1. The Balaban J connectivity index is 1.69. The van der Waals surface area contributed by atoms with E-state index < -0.39 is 12.2 Å². The molecule has 0 heterocycles. The molecule has 0 saturated heterocycles. The van der Waals surface area contributed by atoms with Crippen LogP contribution in [-0.4, -0.2) is 54.7 Å². The van der Waals surface area contributed by atoms with E-state index in [-0.39, 0.29) is 37.7 Å². The van der Waals surface area contributed by atoms with Gasteiger partial charge in [-0.3, -0.25) is 0 Å². The summed E-state index contributed by atoms with van der Waals surface area (Å²) in [6, 6.07) is 16.4. The van der Waals surface area contributed by atoms with E-state index in [1.807, 2.05) is 24.3 Å². The lowest BCUT2D eigenvalue weighted by molar-refractivity contribution is 0.0229. The smallest absolute Gasteiger partial charge is 0.119 e. The largest absolute Gasteiger partial charge is 0.491 e. The fraction of sp³-hybridized carbons (Fsp3) is 0.481. The van der Waals surface area contributed by atoms with Crippen LogP contribution in [0.25, 0.3) is 0 Å². The number of halogens is 1. The van der Waals surface area contributed by atoms with E-state index in [1.165, 1.54) is 30.4 Å². The van der Waals surface area contributed by atoms with Gasteiger partial charge >= 0.3 is 0 Å². The third-order valence-corrected chi connectivity index (χ3v) is 6.44. The number of rotatable bonds is 12. The van der Waals surface area contributed by atoms with E-state index in [1.54, 1.807) is 0 Å². The minimum atomic E-state index is -0.728. The summed E-state index contributed by atoms with van der Waals surface area (Å²) in [5.74, 6) is 3.96. The van der Waals surface area contributed by atoms with E-state index in [0.717, 1.165) is 18.6 Å². The fourth-order valence-electron chi connectivity index (χ4n) is 4.37. The molecule has 0 radical (unpaired) electrons. The van der Waals surface area contributed by atoms with Gasteiger partial charge in [-0.25, -0.2) is 0 Å². The van der Waals surface area contributed by atoms with Crippen molar-refractivity contribution in [3.63, 3.8) is 0 Å². The molecule has 6 heteroatoms. The summed E-state index contributed by atoms with van der Waals surface area (Å²) in [6.45, 7) is 0.654. The van der Waals surface area contributed by atoms with E-state index in [4.69, 9.17) is 32.2 Å². The van der Waals surface area contributed by atoms with Crippen LogP contribution in [-0.2, 0) is 10.2 Å². The molecule has 33 heavy (non-hydrogen) atoms. The molecule has 2 aromatic carbocycles. The van der Waals surface area contributed by atoms with Crippen molar-refractivity contribution in [1.82, 2.24) is 0 Å². The minimum absolute atomic E-state index is 0.0481. The number of ether oxygens (including phenoxy) is 3. The molecule has 0 spiro atoms. The van der Waals surface area contributed by atoms with Crippen molar-refractivity contribution in [2.45, 2.75) is 49.7 Å². The Morgan fingerprint density at radius 2 is 1.33 bits per heavy atom. The van der Waals surface area contributed by atoms with Crippen LogP contribution in [0.15, 0.2) is 48.5 Å². The third-order valence-electron chi connectivity index (χ3n) is 6.08. The highest BCUT2D eigenvalue weighted by Gasteiger charge is 2.35.